The van der Waals surface area contributed by atoms with Gasteiger partial charge in [0.2, 0.25) is 0 Å². The van der Waals surface area contributed by atoms with Gasteiger partial charge in [0.15, 0.2) is 0 Å². The second-order valence-electron chi connectivity index (χ2n) is 3.51. The van der Waals surface area contributed by atoms with Crippen molar-refractivity contribution in [3.8, 4) is 0 Å². The number of nitrogen functional groups attached to an aromatic ring is 1. The molecule has 4 heteroatoms. The molecule has 1 aromatic rings. The van der Waals surface area contributed by atoms with E-state index in [1.165, 1.54) is 6.42 Å². The molecule has 4 nitrogen and oxygen atoms in total. The van der Waals surface area contributed by atoms with Crippen LogP contribution in [0.3, 0.4) is 0 Å². The van der Waals surface area contributed by atoms with E-state index in [0.29, 0.717) is 5.82 Å². The molecule has 0 aromatic carbocycles. The Hall–Kier alpha value is -1.19. The number of nitrogens with zero attached hydrogens (tertiary/aromatic N) is 2. The summed E-state index contributed by atoms with van der Waals surface area (Å²) in [6, 6.07) is 0. The van der Waals surface area contributed by atoms with Crippen molar-refractivity contribution in [1.29, 1.82) is 0 Å². The van der Waals surface area contributed by atoms with Gasteiger partial charge in [0, 0.05) is 13.1 Å². The van der Waals surface area contributed by atoms with Crippen LogP contribution in [0.5, 0.6) is 0 Å². The number of aromatic amines is 1. The average Bonchev–Trinajstić information content (AvgIpc) is 2.58. The van der Waals surface area contributed by atoms with Gasteiger partial charge in [0.1, 0.15) is 5.82 Å². The molecule has 0 amide bonds. The first kappa shape index (κ1) is 7.46. The first-order valence-electron chi connectivity index (χ1n) is 4.31. The standard InChI is InChI=1S/C8H14N4/c1-6-2-3-12(5-6)7-4-10-11-8(7)9/h4,6H,2-3,5H2,1H3,(H3,9,10,11). The first-order chi connectivity index (χ1) is 5.77. The Balaban J connectivity index is 2.16. The predicted molar refractivity (Wildman–Crippen MR) is 49.0 cm³/mol. The third-order valence-corrected chi connectivity index (χ3v) is 2.41. The Kier molecular flexibility index (Phi) is 1.67. The summed E-state index contributed by atoms with van der Waals surface area (Å²) in [4.78, 5) is 2.28. The molecule has 12 heavy (non-hydrogen) atoms. The quantitative estimate of drug-likeness (QED) is 0.650. The summed E-state index contributed by atoms with van der Waals surface area (Å²) in [5, 5.41) is 6.65. The topological polar surface area (TPSA) is 57.9 Å². The van der Waals surface area contributed by atoms with Crippen LogP contribution in [0.15, 0.2) is 6.20 Å². The van der Waals surface area contributed by atoms with Crippen molar-refractivity contribution in [2.45, 2.75) is 13.3 Å². The molecule has 1 atom stereocenters. The molecule has 2 rings (SSSR count). The SMILES string of the molecule is CC1CCN(c2cn[nH]c2N)C1. The minimum atomic E-state index is 0.684. The fraction of sp³-hybridized carbons (Fsp3) is 0.625. The van der Waals surface area contributed by atoms with E-state index in [9.17, 15) is 0 Å². The molecule has 1 aliphatic rings. The highest BCUT2D eigenvalue weighted by molar-refractivity contribution is 5.62. The van der Waals surface area contributed by atoms with Gasteiger partial charge >= 0.3 is 0 Å². The van der Waals surface area contributed by atoms with Gasteiger partial charge in [-0.05, 0) is 12.3 Å². The zero-order valence-electron chi connectivity index (χ0n) is 7.25. The largest absolute Gasteiger partial charge is 0.382 e. The van der Waals surface area contributed by atoms with Gasteiger partial charge in [-0.2, -0.15) is 5.10 Å². The van der Waals surface area contributed by atoms with Crippen molar-refractivity contribution in [2.75, 3.05) is 23.7 Å². The van der Waals surface area contributed by atoms with Gasteiger partial charge in [-0.1, -0.05) is 6.92 Å². The molecule has 2 heterocycles. The smallest absolute Gasteiger partial charge is 0.142 e. The zero-order chi connectivity index (χ0) is 8.55. The first-order valence-corrected chi connectivity index (χ1v) is 4.31. The van der Waals surface area contributed by atoms with Crippen LogP contribution < -0.4 is 10.6 Å². The molecule has 0 radical (unpaired) electrons. The Morgan fingerprint density at radius 2 is 2.58 bits per heavy atom. The van der Waals surface area contributed by atoms with Crippen LogP contribution in [-0.4, -0.2) is 23.3 Å². The number of rotatable bonds is 1. The second kappa shape index (κ2) is 2.69. The van der Waals surface area contributed by atoms with Crippen molar-refractivity contribution < 1.29 is 0 Å². The number of hydrogen-bond acceptors (Lipinski definition) is 3. The minimum Gasteiger partial charge on any atom is -0.382 e. The Morgan fingerprint density at radius 1 is 1.75 bits per heavy atom. The summed E-state index contributed by atoms with van der Waals surface area (Å²) >= 11 is 0. The molecular weight excluding hydrogens is 152 g/mol. The fourth-order valence-electron chi connectivity index (χ4n) is 1.70. The summed E-state index contributed by atoms with van der Waals surface area (Å²) < 4.78 is 0. The molecule has 1 unspecified atom stereocenters. The summed E-state index contributed by atoms with van der Waals surface area (Å²) in [7, 11) is 0. The summed E-state index contributed by atoms with van der Waals surface area (Å²) in [6.07, 6.45) is 3.05. The monoisotopic (exact) mass is 166 g/mol. The molecule has 1 aliphatic heterocycles. The van der Waals surface area contributed by atoms with Crippen molar-refractivity contribution in [3.63, 3.8) is 0 Å². The lowest BCUT2D eigenvalue weighted by Gasteiger charge is -2.15. The molecule has 0 bridgehead atoms. The number of aromatic nitrogens is 2. The maximum Gasteiger partial charge on any atom is 0.142 e. The van der Waals surface area contributed by atoms with Gasteiger partial charge in [-0.25, -0.2) is 0 Å². The third-order valence-electron chi connectivity index (χ3n) is 2.41. The number of H-pyrrole nitrogens is 1. The zero-order valence-corrected chi connectivity index (χ0v) is 7.25. The molecule has 1 fully saturated rings. The van der Waals surface area contributed by atoms with Gasteiger partial charge in [-0.15, -0.1) is 0 Å². The van der Waals surface area contributed by atoms with Gasteiger partial charge < -0.3 is 10.6 Å². The van der Waals surface area contributed by atoms with Crippen molar-refractivity contribution in [3.05, 3.63) is 6.20 Å². The lowest BCUT2D eigenvalue weighted by Crippen LogP contribution is -2.19. The molecule has 0 saturated carbocycles. The highest BCUT2D eigenvalue weighted by Crippen LogP contribution is 2.26. The van der Waals surface area contributed by atoms with Crippen LogP contribution in [0.2, 0.25) is 0 Å². The van der Waals surface area contributed by atoms with Crippen LogP contribution in [0.25, 0.3) is 0 Å². The van der Waals surface area contributed by atoms with Crippen LogP contribution in [0.4, 0.5) is 11.5 Å². The number of hydrogen-bond donors (Lipinski definition) is 2. The van der Waals surface area contributed by atoms with Crippen LogP contribution in [-0.2, 0) is 0 Å². The number of nitrogens with two attached hydrogens (primary N) is 1. The van der Waals surface area contributed by atoms with Crippen LogP contribution in [0.1, 0.15) is 13.3 Å². The van der Waals surface area contributed by atoms with Crippen molar-refractivity contribution >= 4 is 11.5 Å². The van der Waals surface area contributed by atoms with E-state index in [4.69, 9.17) is 5.73 Å². The molecule has 1 saturated heterocycles. The van der Waals surface area contributed by atoms with E-state index in [2.05, 4.69) is 22.0 Å². The van der Waals surface area contributed by atoms with Crippen molar-refractivity contribution in [1.82, 2.24) is 10.2 Å². The molecule has 0 aliphatic carbocycles. The summed E-state index contributed by atoms with van der Waals surface area (Å²) in [6.45, 7) is 4.46. The van der Waals surface area contributed by atoms with Gasteiger partial charge in [-0.3, -0.25) is 5.10 Å². The Labute approximate surface area is 71.7 Å². The van der Waals surface area contributed by atoms with E-state index in [1.54, 1.807) is 6.20 Å². The van der Waals surface area contributed by atoms with E-state index in [-0.39, 0.29) is 0 Å². The molecule has 3 N–H and O–H groups in total. The average molecular weight is 166 g/mol. The lowest BCUT2D eigenvalue weighted by atomic mass is 10.2. The summed E-state index contributed by atoms with van der Waals surface area (Å²) in [5.41, 5.74) is 6.76. The Bertz CT molecular complexity index is 268. The minimum absolute atomic E-state index is 0.684. The van der Waals surface area contributed by atoms with E-state index in [1.807, 2.05) is 0 Å². The van der Waals surface area contributed by atoms with Crippen LogP contribution >= 0.6 is 0 Å². The Morgan fingerprint density at radius 3 is 3.08 bits per heavy atom. The fourth-order valence-corrected chi connectivity index (χ4v) is 1.70. The summed E-state index contributed by atoms with van der Waals surface area (Å²) in [5.74, 6) is 1.46. The van der Waals surface area contributed by atoms with E-state index >= 15 is 0 Å². The maximum absolute atomic E-state index is 5.71. The van der Waals surface area contributed by atoms with Gasteiger partial charge in [0.05, 0.1) is 11.9 Å². The van der Waals surface area contributed by atoms with Crippen molar-refractivity contribution in [2.24, 2.45) is 5.92 Å². The second-order valence-corrected chi connectivity index (χ2v) is 3.51. The van der Waals surface area contributed by atoms with Gasteiger partial charge in [0.25, 0.3) is 0 Å². The van der Waals surface area contributed by atoms with E-state index in [0.717, 1.165) is 24.7 Å². The van der Waals surface area contributed by atoms with E-state index < -0.39 is 0 Å². The predicted octanol–water partition coefficient (Wildman–Crippen LogP) is 0.838. The molecule has 0 spiro atoms. The highest BCUT2D eigenvalue weighted by Gasteiger charge is 2.20. The molecular formula is C8H14N4. The van der Waals surface area contributed by atoms with Crippen LogP contribution in [0, 0.1) is 5.92 Å². The molecule has 1 aromatic heterocycles. The maximum atomic E-state index is 5.71. The highest BCUT2D eigenvalue weighted by atomic mass is 15.2. The normalized spacial score (nSPS) is 23.4. The number of anilines is 2. The third kappa shape index (κ3) is 1.13. The number of nitrogens with one attached hydrogen (secondary N) is 1. The molecule has 66 valence electrons. The lowest BCUT2D eigenvalue weighted by molar-refractivity contribution is 0.659.